The molecule has 6 heteroatoms. The highest BCUT2D eigenvalue weighted by atomic mass is 79.9. The minimum absolute atomic E-state index is 0.0289. The van der Waals surface area contributed by atoms with Crippen molar-refractivity contribution in [2.75, 3.05) is 0 Å². The standard InChI is InChI=1S/C10H6BrClN2O2/c11-6-2-1-3-7(4-6)14-9(15)5-8(12)13-10(14)16/h1-5H,(H,13,16). The lowest BCUT2D eigenvalue weighted by Crippen LogP contribution is -2.32. The fourth-order valence-electron chi connectivity index (χ4n) is 1.33. The number of hydrogen-bond donors (Lipinski definition) is 1. The summed E-state index contributed by atoms with van der Waals surface area (Å²) in [4.78, 5) is 25.6. The molecule has 0 bridgehead atoms. The van der Waals surface area contributed by atoms with Gasteiger partial charge in [-0.15, -0.1) is 0 Å². The molecule has 0 amide bonds. The molecule has 1 N–H and O–H groups in total. The molecular formula is C10H6BrClN2O2. The van der Waals surface area contributed by atoms with Crippen LogP contribution >= 0.6 is 27.5 Å². The largest absolute Gasteiger partial charge is 0.334 e. The number of aromatic amines is 1. The number of nitrogens with zero attached hydrogens (tertiary/aromatic N) is 1. The molecule has 2 aromatic rings. The molecule has 4 nitrogen and oxygen atoms in total. The summed E-state index contributed by atoms with van der Waals surface area (Å²) in [6, 6.07) is 8.03. The second-order valence-electron chi connectivity index (χ2n) is 3.08. The van der Waals surface area contributed by atoms with Crippen LogP contribution in [0.25, 0.3) is 5.69 Å². The number of halogens is 2. The molecule has 0 fully saturated rings. The zero-order valence-corrected chi connectivity index (χ0v) is 10.2. The van der Waals surface area contributed by atoms with Gasteiger partial charge < -0.3 is 0 Å². The Hall–Kier alpha value is -1.33. The smallest absolute Gasteiger partial charge is 0.297 e. The summed E-state index contributed by atoms with van der Waals surface area (Å²) in [6.45, 7) is 0. The Labute approximate surface area is 104 Å². The van der Waals surface area contributed by atoms with Crippen LogP contribution in [0.15, 0.2) is 44.4 Å². The van der Waals surface area contributed by atoms with Crippen LogP contribution < -0.4 is 11.2 Å². The molecule has 0 aliphatic heterocycles. The van der Waals surface area contributed by atoms with Gasteiger partial charge in [-0.05, 0) is 18.2 Å². The summed E-state index contributed by atoms with van der Waals surface area (Å²) in [6.07, 6.45) is 0. The first-order valence-electron chi connectivity index (χ1n) is 4.36. The predicted molar refractivity (Wildman–Crippen MR) is 65.4 cm³/mol. The zero-order valence-electron chi connectivity index (χ0n) is 7.91. The maximum atomic E-state index is 11.6. The quantitative estimate of drug-likeness (QED) is 0.819. The van der Waals surface area contributed by atoms with Gasteiger partial charge in [0.05, 0.1) is 5.69 Å². The molecule has 0 spiro atoms. The van der Waals surface area contributed by atoms with Gasteiger partial charge >= 0.3 is 5.69 Å². The van der Waals surface area contributed by atoms with Crippen LogP contribution in [0.2, 0.25) is 5.15 Å². The van der Waals surface area contributed by atoms with E-state index in [1.807, 2.05) is 0 Å². The first kappa shape index (κ1) is 11.2. The van der Waals surface area contributed by atoms with Gasteiger partial charge in [0.1, 0.15) is 5.15 Å². The van der Waals surface area contributed by atoms with Gasteiger partial charge in [-0.3, -0.25) is 9.78 Å². The summed E-state index contributed by atoms with van der Waals surface area (Å²) in [5, 5.41) is 0.0289. The van der Waals surface area contributed by atoms with E-state index < -0.39 is 11.2 Å². The Balaban J connectivity index is 2.75. The third-order valence-corrected chi connectivity index (χ3v) is 2.66. The van der Waals surface area contributed by atoms with Gasteiger partial charge in [-0.25, -0.2) is 9.36 Å². The Kier molecular flexibility index (Phi) is 2.98. The van der Waals surface area contributed by atoms with Crippen molar-refractivity contribution >= 4 is 27.5 Å². The lowest BCUT2D eigenvalue weighted by molar-refractivity contribution is 0.875. The molecular weight excluding hydrogens is 295 g/mol. The lowest BCUT2D eigenvalue weighted by atomic mass is 10.3. The first-order valence-corrected chi connectivity index (χ1v) is 5.53. The SMILES string of the molecule is O=c1cc(Cl)[nH]c(=O)n1-c1cccc(Br)c1. The van der Waals surface area contributed by atoms with Crippen LogP contribution in [0.1, 0.15) is 0 Å². The van der Waals surface area contributed by atoms with Gasteiger partial charge in [0.25, 0.3) is 5.56 Å². The molecule has 0 aliphatic carbocycles. The van der Waals surface area contributed by atoms with Crippen LogP contribution in [0.5, 0.6) is 0 Å². The van der Waals surface area contributed by atoms with Crippen molar-refractivity contribution in [1.29, 1.82) is 0 Å². The summed E-state index contributed by atoms with van der Waals surface area (Å²) < 4.78 is 1.79. The maximum absolute atomic E-state index is 11.6. The molecule has 82 valence electrons. The van der Waals surface area contributed by atoms with Crippen molar-refractivity contribution in [3.8, 4) is 5.69 Å². The van der Waals surface area contributed by atoms with Crippen molar-refractivity contribution in [3.63, 3.8) is 0 Å². The molecule has 0 saturated heterocycles. The molecule has 16 heavy (non-hydrogen) atoms. The zero-order chi connectivity index (χ0) is 11.7. The van der Waals surface area contributed by atoms with E-state index in [4.69, 9.17) is 11.6 Å². The van der Waals surface area contributed by atoms with Gasteiger partial charge in [0.15, 0.2) is 0 Å². The highest BCUT2D eigenvalue weighted by Gasteiger charge is 2.05. The molecule has 0 radical (unpaired) electrons. The van der Waals surface area contributed by atoms with E-state index >= 15 is 0 Å². The van der Waals surface area contributed by atoms with Crippen molar-refractivity contribution in [1.82, 2.24) is 9.55 Å². The molecule has 0 unspecified atom stereocenters. The minimum Gasteiger partial charge on any atom is -0.297 e. The highest BCUT2D eigenvalue weighted by Crippen LogP contribution is 2.12. The van der Waals surface area contributed by atoms with Crippen molar-refractivity contribution in [2.45, 2.75) is 0 Å². The van der Waals surface area contributed by atoms with Crippen LogP contribution in [-0.4, -0.2) is 9.55 Å². The van der Waals surface area contributed by atoms with Crippen molar-refractivity contribution in [2.24, 2.45) is 0 Å². The number of aromatic nitrogens is 2. The van der Waals surface area contributed by atoms with Crippen LogP contribution in [0, 0.1) is 0 Å². The Morgan fingerprint density at radius 2 is 2.00 bits per heavy atom. The van der Waals surface area contributed by atoms with E-state index in [9.17, 15) is 9.59 Å². The van der Waals surface area contributed by atoms with Crippen LogP contribution in [0.4, 0.5) is 0 Å². The Bertz CT molecular complexity index is 617. The second kappa shape index (κ2) is 4.27. The van der Waals surface area contributed by atoms with E-state index in [-0.39, 0.29) is 5.15 Å². The summed E-state index contributed by atoms with van der Waals surface area (Å²) in [5.41, 5.74) is -0.542. The number of H-pyrrole nitrogens is 1. The lowest BCUT2D eigenvalue weighted by Gasteiger charge is -2.04. The fraction of sp³-hybridized carbons (Fsp3) is 0. The average Bonchev–Trinajstić information content (AvgIpc) is 2.15. The van der Waals surface area contributed by atoms with Crippen molar-refractivity contribution in [3.05, 3.63) is 60.8 Å². The fourth-order valence-corrected chi connectivity index (χ4v) is 1.89. The Morgan fingerprint density at radius 1 is 1.25 bits per heavy atom. The van der Waals surface area contributed by atoms with Gasteiger partial charge in [0, 0.05) is 10.5 Å². The van der Waals surface area contributed by atoms with Gasteiger partial charge in [-0.1, -0.05) is 33.6 Å². The second-order valence-corrected chi connectivity index (χ2v) is 4.40. The monoisotopic (exact) mass is 300 g/mol. The van der Waals surface area contributed by atoms with Gasteiger partial charge in [-0.2, -0.15) is 0 Å². The molecule has 1 heterocycles. The summed E-state index contributed by atoms with van der Waals surface area (Å²) in [5.74, 6) is 0. The molecule has 1 aromatic heterocycles. The van der Waals surface area contributed by atoms with E-state index in [1.54, 1.807) is 24.3 Å². The number of hydrogen-bond acceptors (Lipinski definition) is 2. The average molecular weight is 302 g/mol. The van der Waals surface area contributed by atoms with Gasteiger partial charge in [0.2, 0.25) is 0 Å². The number of rotatable bonds is 1. The van der Waals surface area contributed by atoms with Crippen molar-refractivity contribution < 1.29 is 0 Å². The molecule has 2 rings (SSSR count). The predicted octanol–water partition coefficient (Wildman–Crippen LogP) is 1.94. The number of nitrogens with one attached hydrogen (secondary N) is 1. The topological polar surface area (TPSA) is 54.9 Å². The first-order chi connectivity index (χ1) is 7.58. The third-order valence-electron chi connectivity index (χ3n) is 1.97. The minimum atomic E-state index is -0.560. The molecule has 1 aromatic carbocycles. The number of benzene rings is 1. The summed E-state index contributed by atoms with van der Waals surface area (Å²) >= 11 is 8.83. The van der Waals surface area contributed by atoms with E-state index in [2.05, 4.69) is 20.9 Å². The molecule has 0 atom stereocenters. The maximum Gasteiger partial charge on any atom is 0.334 e. The van der Waals surface area contributed by atoms with E-state index in [0.29, 0.717) is 5.69 Å². The van der Waals surface area contributed by atoms with E-state index in [0.717, 1.165) is 15.1 Å². The third kappa shape index (κ3) is 2.10. The normalized spacial score (nSPS) is 10.4. The summed E-state index contributed by atoms with van der Waals surface area (Å²) in [7, 11) is 0. The molecule has 0 saturated carbocycles. The highest BCUT2D eigenvalue weighted by molar-refractivity contribution is 9.10. The van der Waals surface area contributed by atoms with Crippen LogP contribution in [-0.2, 0) is 0 Å². The van der Waals surface area contributed by atoms with E-state index in [1.165, 1.54) is 0 Å². The van der Waals surface area contributed by atoms with Crippen LogP contribution in [0.3, 0.4) is 0 Å². The Morgan fingerprint density at radius 3 is 2.62 bits per heavy atom. The molecule has 0 aliphatic rings.